The molecule has 2 N–H and O–H groups in total. The summed E-state index contributed by atoms with van der Waals surface area (Å²) in [6.07, 6.45) is 9.07. The molecule has 1 aliphatic carbocycles. The molecule has 0 aliphatic heterocycles. The fourth-order valence-corrected chi connectivity index (χ4v) is 3.93. The molecule has 3 rings (SSSR count). The predicted molar refractivity (Wildman–Crippen MR) is 136 cm³/mol. The van der Waals surface area contributed by atoms with E-state index in [4.69, 9.17) is 9.73 Å². The van der Waals surface area contributed by atoms with E-state index in [9.17, 15) is 0 Å². The van der Waals surface area contributed by atoms with Crippen LogP contribution in [0.1, 0.15) is 55.7 Å². The molecule has 0 bridgehead atoms. The smallest absolute Gasteiger partial charge is 0.191 e. The number of benzene rings is 1. The van der Waals surface area contributed by atoms with Gasteiger partial charge in [-0.1, -0.05) is 37.8 Å². The van der Waals surface area contributed by atoms with Gasteiger partial charge in [0.25, 0.3) is 0 Å². The van der Waals surface area contributed by atoms with E-state index in [1.165, 1.54) is 44.1 Å². The lowest BCUT2D eigenvalue weighted by Crippen LogP contribution is -2.39. The monoisotopic (exact) mass is 540 g/mol. The molecule has 1 aromatic heterocycles. The third-order valence-corrected chi connectivity index (χ3v) is 5.98. The molecule has 1 heterocycles. The van der Waals surface area contributed by atoms with Gasteiger partial charge in [-0.3, -0.25) is 0 Å². The van der Waals surface area contributed by atoms with Crippen LogP contribution in [0.2, 0.25) is 0 Å². The Morgan fingerprint density at radius 3 is 2.48 bits per heavy atom. The highest BCUT2D eigenvalue weighted by molar-refractivity contribution is 14.0. The molecule has 1 aromatic carbocycles. The molecule has 0 atom stereocenters. The van der Waals surface area contributed by atoms with Crippen molar-refractivity contribution in [3.05, 3.63) is 41.5 Å². The number of nitrogens with zero attached hydrogens (tertiary/aromatic N) is 4. The Balaban J connectivity index is 0.00000341. The van der Waals surface area contributed by atoms with Crippen molar-refractivity contribution in [2.24, 2.45) is 18.0 Å². The molecule has 0 amide bonds. The summed E-state index contributed by atoms with van der Waals surface area (Å²) in [5.41, 5.74) is 1.27. The maximum atomic E-state index is 5.23. The fourth-order valence-electron chi connectivity index (χ4n) is 3.93. The molecule has 0 radical (unpaired) electrons. The Morgan fingerprint density at radius 2 is 1.84 bits per heavy atom. The standard InChI is InChI=1S/C23H36N6O.HI/c1-18-27-28-22(29(18)2)17-26-23(24-15-6-9-19-7-4-5-8-19)25-16-14-20-10-12-21(30-3)13-11-20;/h10-13,19H,4-9,14-17H2,1-3H3,(H2,24,25,26);1H. The molecular formula is C23H37IN6O. The summed E-state index contributed by atoms with van der Waals surface area (Å²) in [4.78, 5) is 4.75. The van der Waals surface area contributed by atoms with Crippen LogP contribution in [0.4, 0.5) is 0 Å². The van der Waals surface area contributed by atoms with Gasteiger partial charge >= 0.3 is 0 Å². The second-order valence-corrected chi connectivity index (χ2v) is 8.13. The van der Waals surface area contributed by atoms with Crippen LogP contribution in [-0.4, -0.2) is 40.9 Å². The average Bonchev–Trinajstić information content (AvgIpc) is 3.40. The summed E-state index contributed by atoms with van der Waals surface area (Å²) in [6.45, 7) is 4.23. The Labute approximate surface area is 203 Å². The molecule has 0 saturated heterocycles. The van der Waals surface area contributed by atoms with E-state index in [2.05, 4.69) is 33.0 Å². The van der Waals surface area contributed by atoms with Crippen LogP contribution < -0.4 is 15.4 Å². The maximum absolute atomic E-state index is 5.23. The zero-order chi connectivity index (χ0) is 21.2. The van der Waals surface area contributed by atoms with Gasteiger partial charge in [-0.05, 0) is 49.8 Å². The van der Waals surface area contributed by atoms with Gasteiger partial charge in [-0.25, -0.2) is 4.99 Å². The number of nitrogens with one attached hydrogen (secondary N) is 2. The average molecular weight is 540 g/mol. The first-order valence-electron chi connectivity index (χ1n) is 11.2. The number of rotatable bonds is 10. The van der Waals surface area contributed by atoms with Crippen LogP contribution in [0.15, 0.2) is 29.3 Å². The van der Waals surface area contributed by atoms with E-state index in [1.807, 2.05) is 30.7 Å². The largest absolute Gasteiger partial charge is 0.497 e. The van der Waals surface area contributed by atoms with E-state index in [1.54, 1.807) is 7.11 Å². The molecule has 31 heavy (non-hydrogen) atoms. The molecule has 7 nitrogen and oxygen atoms in total. The minimum absolute atomic E-state index is 0. The quantitative estimate of drug-likeness (QED) is 0.206. The molecule has 0 spiro atoms. The fraction of sp³-hybridized carbons (Fsp3) is 0.609. The molecule has 0 unspecified atom stereocenters. The summed E-state index contributed by atoms with van der Waals surface area (Å²) in [5.74, 6) is 4.43. The first kappa shape index (κ1) is 25.4. The summed E-state index contributed by atoms with van der Waals surface area (Å²) in [6, 6.07) is 8.22. The van der Waals surface area contributed by atoms with Crippen LogP contribution in [0.5, 0.6) is 5.75 Å². The van der Waals surface area contributed by atoms with Gasteiger partial charge in [0.2, 0.25) is 0 Å². The second-order valence-electron chi connectivity index (χ2n) is 8.13. The van der Waals surface area contributed by atoms with Crippen LogP contribution in [-0.2, 0) is 20.0 Å². The van der Waals surface area contributed by atoms with Gasteiger partial charge in [0, 0.05) is 20.1 Å². The van der Waals surface area contributed by atoms with Crippen molar-refractivity contribution >= 4 is 29.9 Å². The highest BCUT2D eigenvalue weighted by Crippen LogP contribution is 2.28. The van der Waals surface area contributed by atoms with Gasteiger partial charge in [0.15, 0.2) is 11.8 Å². The van der Waals surface area contributed by atoms with Crippen molar-refractivity contribution < 1.29 is 4.74 Å². The van der Waals surface area contributed by atoms with Crippen molar-refractivity contribution in [1.29, 1.82) is 0 Å². The lowest BCUT2D eigenvalue weighted by atomic mass is 10.0. The first-order chi connectivity index (χ1) is 14.7. The summed E-state index contributed by atoms with van der Waals surface area (Å²) in [7, 11) is 3.67. The van der Waals surface area contributed by atoms with Gasteiger partial charge in [0.1, 0.15) is 18.1 Å². The molecule has 8 heteroatoms. The zero-order valence-electron chi connectivity index (χ0n) is 19.1. The third-order valence-electron chi connectivity index (χ3n) is 5.98. The van der Waals surface area contributed by atoms with Crippen molar-refractivity contribution in [3.8, 4) is 5.75 Å². The Kier molecular flexibility index (Phi) is 11.1. The highest BCUT2D eigenvalue weighted by Gasteiger charge is 2.14. The molecule has 1 fully saturated rings. The van der Waals surface area contributed by atoms with Crippen molar-refractivity contribution in [2.45, 2.75) is 58.4 Å². The van der Waals surface area contributed by atoms with Gasteiger partial charge in [0.05, 0.1) is 7.11 Å². The predicted octanol–water partition coefficient (Wildman–Crippen LogP) is 4.00. The van der Waals surface area contributed by atoms with Crippen molar-refractivity contribution in [2.75, 3.05) is 20.2 Å². The van der Waals surface area contributed by atoms with Gasteiger partial charge in [-0.2, -0.15) is 0 Å². The number of ether oxygens (including phenoxy) is 1. The summed E-state index contributed by atoms with van der Waals surface area (Å²) in [5, 5.41) is 15.3. The SMILES string of the molecule is COc1ccc(CCNC(=NCc2nnc(C)n2C)NCCCC2CCCC2)cc1.I. The van der Waals surface area contributed by atoms with Crippen LogP contribution in [0, 0.1) is 12.8 Å². The summed E-state index contributed by atoms with van der Waals surface area (Å²) < 4.78 is 7.22. The topological polar surface area (TPSA) is 76.4 Å². The van der Waals surface area contributed by atoms with Crippen LogP contribution in [0.25, 0.3) is 0 Å². The molecule has 172 valence electrons. The number of aliphatic imine (C=N–C) groups is 1. The third kappa shape index (κ3) is 8.31. The normalized spacial score (nSPS) is 14.4. The number of aryl methyl sites for hydroxylation is 1. The van der Waals surface area contributed by atoms with Crippen LogP contribution in [0.3, 0.4) is 0 Å². The van der Waals surface area contributed by atoms with E-state index in [0.717, 1.165) is 48.8 Å². The number of guanidine groups is 1. The number of halogens is 1. The number of hydrogen-bond acceptors (Lipinski definition) is 4. The number of hydrogen-bond donors (Lipinski definition) is 2. The molecular weight excluding hydrogens is 503 g/mol. The zero-order valence-corrected chi connectivity index (χ0v) is 21.4. The maximum Gasteiger partial charge on any atom is 0.191 e. The molecule has 2 aromatic rings. The Hall–Kier alpha value is -1.84. The molecule has 1 aliphatic rings. The van der Waals surface area contributed by atoms with E-state index in [-0.39, 0.29) is 24.0 Å². The summed E-state index contributed by atoms with van der Waals surface area (Å²) >= 11 is 0. The minimum Gasteiger partial charge on any atom is -0.497 e. The lowest BCUT2D eigenvalue weighted by molar-refractivity contribution is 0.414. The van der Waals surface area contributed by atoms with E-state index in [0.29, 0.717) is 6.54 Å². The van der Waals surface area contributed by atoms with Gasteiger partial charge < -0.3 is 19.9 Å². The number of methoxy groups -OCH3 is 1. The van der Waals surface area contributed by atoms with E-state index >= 15 is 0 Å². The van der Waals surface area contributed by atoms with Crippen molar-refractivity contribution in [3.63, 3.8) is 0 Å². The van der Waals surface area contributed by atoms with Crippen LogP contribution >= 0.6 is 24.0 Å². The Morgan fingerprint density at radius 1 is 1.13 bits per heavy atom. The number of aromatic nitrogens is 3. The second kappa shape index (κ2) is 13.5. The minimum atomic E-state index is 0. The molecule has 1 saturated carbocycles. The lowest BCUT2D eigenvalue weighted by Gasteiger charge is -2.14. The first-order valence-corrected chi connectivity index (χ1v) is 11.2. The Bertz CT molecular complexity index is 799. The van der Waals surface area contributed by atoms with E-state index < -0.39 is 0 Å². The van der Waals surface area contributed by atoms with Gasteiger partial charge in [-0.15, -0.1) is 34.2 Å². The van der Waals surface area contributed by atoms with Crippen molar-refractivity contribution in [1.82, 2.24) is 25.4 Å². The highest BCUT2D eigenvalue weighted by atomic mass is 127.